The van der Waals surface area contributed by atoms with E-state index in [0.29, 0.717) is 6.42 Å². The highest BCUT2D eigenvalue weighted by molar-refractivity contribution is 5.86. The summed E-state index contributed by atoms with van der Waals surface area (Å²) in [7, 11) is 0. The number of hydrogen-bond acceptors (Lipinski definition) is 6. The number of aliphatic hydroxyl groups excluding tert-OH is 1. The molecule has 0 aliphatic heterocycles. The molecule has 1 aromatic carbocycles. The number of rotatable bonds is 6. The number of fused-ring (bicyclic) bond motifs is 1. The van der Waals surface area contributed by atoms with E-state index in [1.807, 2.05) is 6.92 Å². The van der Waals surface area contributed by atoms with Gasteiger partial charge < -0.3 is 24.1 Å². The number of aryl methyl sites for hydroxylation is 1. The fourth-order valence-electron chi connectivity index (χ4n) is 2.20. The Morgan fingerprint density at radius 2 is 2.13 bits per heavy atom. The molecular formula is C16H18O7. The minimum Gasteiger partial charge on any atom is -0.490 e. The molecule has 1 aromatic heterocycles. The van der Waals surface area contributed by atoms with E-state index in [9.17, 15) is 14.7 Å². The first-order chi connectivity index (χ1) is 10.9. The summed E-state index contributed by atoms with van der Waals surface area (Å²) in [6, 6.07) is 4.35. The molecule has 0 aliphatic rings. The number of ether oxygens (including phenoxy) is 2. The molecule has 2 aromatic rings. The molecule has 1 unspecified atom stereocenters. The van der Waals surface area contributed by atoms with Gasteiger partial charge in [-0.05, 0) is 25.0 Å². The minimum absolute atomic E-state index is 0.0229. The van der Waals surface area contributed by atoms with E-state index in [1.54, 1.807) is 19.1 Å². The molecule has 0 saturated heterocycles. The van der Waals surface area contributed by atoms with Gasteiger partial charge in [-0.25, -0.2) is 4.79 Å². The number of carbonyl (C=O) groups is 1. The van der Waals surface area contributed by atoms with Crippen molar-refractivity contribution in [3.05, 3.63) is 34.0 Å². The third-order valence-corrected chi connectivity index (χ3v) is 3.09. The van der Waals surface area contributed by atoms with Crippen molar-refractivity contribution in [2.75, 3.05) is 6.61 Å². The fraction of sp³-hybridized carbons (Fsp3) is 0.375. The Balaban J connectivity index is 2.61. The van der Waals surface area contributed by atoms with Gasteiger partial charge in [0.25, 0.3) is 5.95 Å². The van der Waals surface area contributed by atoms with E-state index in [-0.39, 0.29) is 29.3 Å². The average Bonchev–Trinajstić information content (AvgIpc) is 2.46. The second-order valence-corrected chi connectivity index (χ2v) is 5.13. The van der Waals surface area contributed by atoms with Crippen molar-refractivity contribution < 1.29 is 28.9 Å². The van der Waals surface area contributed by atoms with E-state index in [4.69, 9.17) is 14.3 Å². The number of benzene rings is 1. The maximum absolute atomic E-state index is 12.3. The Labute approximate surface area is 132 Å². The van der Waals surface area contributed by atoms with E-state index in [2.05, 4.69) is 4.74 Å². The number of hydrogen-bond donors (Lipinski definition) is 2. The van der Waals surface area contributed by atoms with Crippen LogP contribution in [0.4, 0.5) is 4.79 Å². The molecule has 2 N–H and O–H groups in total. The number of aliphatic hydroxyl groups is 1. The lowest BCUT2D eigenvalue weighted by Gasteiger charge is -2.12. The first kappa shape index (κ1) is 16.8. The van der Waals surface area contributed by atoms with Gasteiger partial charge in [-0.2, -0.15) is 0 Å². The third-order valence-electron chi connectivity index (χ3n) is 3.09. The van der Waals surface area contributed by atoms with Gasteiger partial charge in [0.1, 0.15) is 23.3 Å². The van der Waals surface area contributed by atoms with Gasteiger partial charge in [0.15, 0.2) is 5.43 Å². The molecule has 0 fully saturated rings. The van der Waals surface area contributed by atoms with Crippen LogP contribution in [0.5, 0.6) is 11.7 Å². The Hall–Kier alpha value is -2.54. The van der Waals surface area contributed by atoms with Crippen LogP contribution in [0.3, 0.4) is 0 Å². The van der Waals surface area contributed by atoms with E-state index in [0.717, 1.165) is 18.1 Å². The quantitative estimate of drug-likeness (QED) is 0.787. The summed E-state index contributed by atoms with van der Waals surface area (Å²) in [6.45, 7) is 3.56. The predicted molar refractivity (Wildman–Crippen MR) is 82.3 cm³/mol. The topological polar surface area (TPSA) is 106 Å². The molecule has 7 nitrogen and oxygen atoms in total. The first-order valence-electron chi connectivity index (χ1n) is 7.23. The third kappa shape index (κ3) is 4.01. The van der Waals surface area contributed by atoms with Gasteiger partial charge in [0.05, 0.1) is 12.2 Å². The van der Waals surface area contributed by atoms with Gasteiger partial charge in [0, 0.05) is 0 Å². The highest BCUT2D eigenvalue weighted by Crippen LogP contribution is 2.29. The summed E-state index contributed by atoms with van der Waals surface area (Å²) < 4.78 is 15.3. The highest BCUT2D eigenvalue weighted by Gasteiger charge is 2.16. The van der Waals surface area contributed by atoms with Crippen molar-refractivity contribution in [3.63, 3.8) is 0 Å². The van der Waals surface area contributed by atoms with Crippen molar-refractivity contribution in [2.45, 2.75) is 32.8 Å². The Morgan fingerprint density at radius 1 is 1.39 bits per heavy atom. The summed E-state index contributed by atoms with van der Waals surface area (Å²) in [5.74, 6) is -0.114. The monoisotopic (exact) mass is 322 g/mol. The van der Waals surface area contributed by atoms with E-state index in [1.165, 1.54) is 0 Å². The fourth-order valence-corrected chi connectivity index (χ4v) is 2.20. The molecule has 7 heteroatoms. The molecule has 0 aliphatic carbocycles. The summed E-state index contributed by atoms with van der Waals surface area (Å²) in [6.07, 6.45) is -0.795. The van der Waals surface area contributed by atoms with Gasteiger partial charge in [0.2, 0.25) is 0 Å². The van der Waals surface area contributed by atoms with Gasteiger partial charge >= 0.3 is 6.16 Å². The second kappa shape index (κ2) is 7.15. The summed E-state index contributed by atoms with van der Waals surface area (Å²) in [4.78, 5) is 23.0. The standard InChI is InChI=1S/C16H18O7/c1-3-4-10-5-6-12(21-8-9(2)17)14-11(18)7-13(22-15(10)14)23-16(19)20/h5-7,9,17H,3-4,8H2,1-2H3,(H,19,20). The summed E-state index contributed by atoms with van der Waals surface area (Å²) in [5.41, 5.74) is 0.513. The maximum Gasteiger partial charge on any atom is 0.513 e. The minimum atomic E-state index is -1.56. The van der Waals surface area contributed by atoms with Crippen LogP contribution in [0.2, 0.25) is 0 Å². The van der Waals surface area contributed by atoms with Crippen LogP contribution in [-0.2, 0) is 6.42 Å². The summed E-state index contributed by atoms with van der Waals surface area (Å²) >= 11 is 0. The van der Waals surface area contributed by atoms with Crippen molar-refractivity contribution >= 4 is 17.1 Å². The highest BCUT2D eigenvalue weighted by atomic mass is 16.7. The lowest BCUT2D eigenvalue weighted by atomic mass is 10.1. The Kier molecular flexibility index (Phi) is 5.23. The molecular weight excluding hydrogens is 304 g/mol. The van der Waals surface area contributed by atoms with Crippen molar-refractivity contribution in [1.82, 2.24) is 0 Å². The van der Waals surface area contributed by atoms with Crippen LogP contribution >= 0.6 is 0 Å². The molecule has 0 spiro atoms. The molecule has 2 rings (SSSR count). The zero-order valence-electron chi connectivity index (χ0n) is 12.9. The van der Waals surface area contributed by atoms with E-state index >= 15 is 0 Å². The van der Waals surface area contributed by atoms with Crippen LogP contribution in [0.15, 0.2) is 27.4 Å². The predicted octanol–water partition coefficient (Wildman–Crippen LogP) is 2.56. The average molecular weight is 322 g/mol. The van der Waals surface area contributed by atoms with Crippen molar-refractivity contribution in [1.29, 1.82) is 0 Å². The zero-order chi connectivity index (χ0) is 17.0. The Bertz CT molecular complexity index is 761. The largest absolute Gasteiger partial charge is 0.513 e. The molecule has 23 heavy (non-hydrogen) atoms. The summed E-state index contributed by atoms with van der Waals surface area (Å²) in [5, 5.41) is 18.2. The SMILES string of the molecule is CCCc1ccc(OCC(C)O)c2c(=O)cc(OC(=O)O)oc12. The van der Waals surface area contributed by atoms with Gasteiger partial charge in [-0.1, -0.05) is 19.4 Å². The molecule has 1 atom stereocenters. The molecule has 1 heterocycles. The number of carboxylic acid groups (broad SMARTS) is 1. The normalized spacial score (nSPS) is 12.1. The maximum atomic E-state index is 12.3. The van der Waals surface area contributed by atoms with Crippen LogP contribution in [0.1, 0.15) is 25.8 Å². The molecule has 0 saturated carbocycles. The van der Waals surface area contributed by atoms with Crippen molar-refractivity contribution in [2.24, 2.45) is 0 Å². The lowest BCUT2D eigenvalue weighted by Crippen LogP contribution is -2.15. The zero-order valence-corrected chi connectivity index (χ0v) is 12.9. The van der Waals surface area contributed by atoms with Gasteiger partial charge in [-0.3, -0.25) is 4.79 Å². The van der Waals surface area contributed by atoms with Crippen LogP contribution in [0, 0.1) is 0 Å². The molecule has 124 valence electrons. The lowest BCUT2D eigenvalue weighted by molar-refractivity contribution is 0.123. The molecule has 0 amide bonds. The molecule has 0 radical (unpaired) electrons. The smallest absolute Gasteiger partial charge is 0.490 e. The van der Waals surface area contributed by atoms with Crippen LogP contribution in [-0.4, -0.2) is 29.1 Å². The Morgan fingerprint density at radius 3 is 2.74 bits per heavy atom. The van der Waals surface area contributed by atoms with Crippen LogP contribution in [0.25, 0.3) is 11.0 Å². The van der Waals surface area contributed by atoms with Crippen molar-refractivity contribution in [3.8, 4) is 11.7 Å². The molecule has 0 bridgehead atoms. The van der Waals surface area contributed by atoms with E-state index < -0.39 is 17.7 Å². The van der Waals surface area contributed by atoms with Gasteiger partial charge in [-0.15, -0.1) is 0 Å². The van der Waals surface area contributed by atoms with Crippen LogP contribution < -0.4 is 14.9 Å². The second-order valence-electron chi connectivity index (χ2n) is 5.13. The first-order valence-corrected chi connectivity index (χ1v) is 7.23.